The van der Waals surface area contributed by atoms with E-state index in [2.05, 4.69) is 51.7 Å². The molecule has 2 rings (SSSR count). The SMILES string of the molecule is CN=C(NCCC(F)(F)F)NC1CCN(C(C)c2ccccc2)CC1. The molecule has 2 N–H and O–H groups in total. The molecule has 140 valence electrons. The van der Waals surface area contributed by atoms with Crippen LogP contribution in [0.3, 0.4) is 0 Å². The van der Waals surface area contributed by atoms with E-state index < -0.39 is 12.6 Å². The van der Waals surface area contributed by atoms with Gasteiger partial charge in [-0.3, -0.25) is 9.89 Å². The Bertz CT molecular complexity index is 537. The first kappa shape index (κ1) is 19.6. The quantitative estimate of drug-likeness (QED) is 0.628. The summed E-state index contributed by atoms with van der Waals surface area (Å²) in [5.41, 5.74) is 1.30. The third-order valence-corrected chi connectivity index (χ3v) is 4.62. The average Bonchev–Trinajstić information content (AvgIpc) is 2.60. The maximum atomic E-state index is 12.2. The van der Waals surface area contributed by atoms with Gasteiger partial charge in [0.1, 0.15) is 0 Å². The molecule has 7 heteroatoms. The molecule has 0 aliphatic carbocycles. The average molecular weight is 356 g/mol. The van der Waals surface area contributed by atoms with Crippen molar-refractivity contribution in [2.75, 3.05) is 26.7 Å². The van der Waals surface area contributed by atoms with Gasteiger partial charge in [-0.1, -0.05) is 30.3 Å². The van der Waals surface area contributed by atoms with Gasteiger partial charge in [-0.15, -0.1) is 0 Å². The third kappa shape index (κ3) is 6.57. The van der Waals surface area contributed by atoms with E-state index in [4.69, 9.17) is 0 Å². The Hall–Kier alpha value is -1.76. The van der Waals surface area contributed by atoms with Gasteiger partial charge in [0.15, 0.2) is 5.96 Å². The summed E-state index contributed by atoms with van der Waals surface area (Å²) >= 11 is 0. The maximum Gasteiger partial charge on any atom is 0.390 e. The zero-order valence-corrected chi connectivity index (χ0v) is 14.8. The van der Waals surface area contributed by atoms with E-state index in [1.165, 1.54) is 5.56 Å². The summed E-state index contributed by atoms with van der Waals surface area (Å²) in [4.78, 5) is 6.45. The Kier molecular flexibility index (Phi) is 7.11. The minimum absolute atomic E-state index is 0.160. The summed E-state index contributed by atoms with van der Waals surface area (Å²) in [6.07, 6.45) is -3.13. The van der Waals surface area contributed by atoms with Gasteiger partial charge in [-0.2, -0.15) is 13.2 Å². The molecule has 1 heterocycles. The first-order valence-electron chi connectivity index (χ1n) is 8.72. The fraction of sp³-hybridized carbons (Fsp3) is 0.611. The van der Waals surface area contributed by atoms with Crippen molar-refractivity contribution >= 4 is 5.96 Å². The second-order valence-electron chi connectivity index (χ2n) is 6.41. The Morgan fingerprint density at radius 2 is 1.88 bits per heavy atom. The van der Waals surface area contributed by atoms with E-state index >= 15 is 0 Å². The minimum Gasteiger partial charge on any atom is -0.356 e. The number of aliphatic imine (C=N–C) groups is 1. The van der Waals surface area contributed by atoms with Crippen LogP contribution in [0.15, 0.2) is 35.3 Å². The third-order valence-electron chi connectivity index (χ3n) is 4.62. The van der Waals surface area contributed by atoms with E-state index in [9.17, 15) is 13.2 Å². The number of hydrogen-bond acceptors (Lipinski definition) is 2. The molecule has 1 aromatic rings. The topological polar surface area (TPSA) is 39.7 Å². The predicted octanol–water partition coefficient (Wildman–Crippen LogP) is 3.33. The number of likely N-dealkylation sites (tertiary alicyclic amines) is 1. The highest BCUT2D eigenvalue weighted by Gasteiger charge is 2.27. The van der Waals surface area contributed by atoms with Crippen LogP contribution >= 0.6 is 0 Å². The molecule has 0 aromatic heterocycles. The number of hydrogen-bond donors (Lipinski definition) is 2. The van der Waals surface area contributed by atoms with Gasteiger partial charge < -0.3 is 10.6 Å². The zero-order chi connectivity index (χ0) is 18.3. The van der Waals surface area contributed by atoms with Crippen LogP contribution in [0.25, 0.3) is 0 Å². The predicted molar refractivity (Wildman–Crippen MR) is 94.6 cm³/mol. The lowest BCUT2D eigenvalue weighted by atomic mass is 10.0. The number of benzene rings is 1. The molecule has 1 aliphatic heterocycles. The van der Waals surface area contributed by atoms with Crippen LogP contribution in [0.5, 0.6) is 0 Å². The van der Waals surface area contributed by atoms with E-state index in [-0.39, 0.29) is 12.6 Å². The zero-order valence-electron chi connectivity index (χ0n) is 14.8. The number of halogens is 3. The lowest BCUT2D eigenvalue weighted by molar-refractivity contribution is -0.132. The summed E-state index contributed by atoms with van der Waals surface area (Å²) in [6, 6.07) is 11.0. The van der Waals surface area contributed by atoms with Crippen LogP contribution in [0.4, 0.5) is 13.2 Å². The lowest BCUT2D eigenvalue weighted by Gasteiger charge is -2.37. The number of rotatable bonds is 5. The molecule has 0 saturated carbocycles. The van der Waals surface area contributed by atoms with Gasteiger partial charge in [0.25, 0.3) is 0 Å². The van der Waals surface area contributed by atoms with Gasteiger partial charge in [0.2, 0.25) is 0 Å². The van der Waals surface area contributed by atoms with Crippen molar-refractivity contribution in [2.24, 2.45) is 4.99 Å². The van der Waals surface area contributed by atoms with Gasteiger partial charge in [-0.05, 0) is 25.3 Å². The Morgan fingerprint density at radius 3 is 2.44 bits per heavy atom. The maximum absolute atomic E-state index is 12.2. The summed E-state index contributed by atoms with van der Waals surface area (Å²) in [6.45, 7) is 3.95. The summed E-state index contributed by atoms with van der Waals surface area (Å²) < 4.78 is 36.7. The van der Waals surface area contributed by atoms with E-state index in [0.29, 0.717) is 12.0 Å². The van der Waals surface area contributed by atoms with Crippen molar-refractivity contribution in [2.45, 2.75) is 44.4 Å². The first-order valence-corrected chi connectivity index (χ1v) is 8.72. The highest BCUT2D eigenvalue weighted by atomic mass is 19.4. The number of nitrogens with one attached hydrogen (secondary N) is 2. The molecule has 0 bridgehead atoms. The normalized spacial score (nSPS) is 18.8. The number of guanidine groups is 1. The van der Waals surface area contributed by atoms with Gasteiger partial charge in [-0.25, -0.2) is 0 Å². The van der Waals surface area contributed by atoms with Gasteiger partial charge in [0.05, 0.1) is 6.42 Å². The van der Waals surface area contributed by atoms with Crippen LogP contribution in [-0.4, -0.2) is 49.8 Å². The summed E-state index contributed by atoms with van der Waals surface area (Å²) in [5, 5.41) is 5.97. The summed E-state index contributed by atoms with van der Waals surface area (Å²) in [5.74, 6) is 0.443. The van der Waals surface area contributed by atoms with Crippen LogP contribution in [0.1, 0.15) is 37.8 Å². The smallest absolute Gasteiger partial charge is 0.356 e. The van der Waals surface area contributed by atoms with Crippen molar-refractivity contribution in [3.8, 4) is 0 Å². The van der Waals surface area contributed by atoms with Crippen molar-refractivity contribution in [1.29, 1.82) is 0 Å². The first-order chi connectivity index (χ1) is 11.9. The molecule has 1 unspecified atom stereocenters. The molecule has 0 spiro atoms. The van der Waals surface area contributed by atoms with Crippen molar-refractivity contribution in [3.05, 3.63) is 35.9 Å². The number of piperidine rings is 1. The Morgan fingerprint density at radius 1 is 1.24 bits per heavy atom. The molecule has 1 atom stereocenters. The van der Waals surface area contributed by atoms with Crippen molar-refractivity contribution < 1.29 is 13.2 Å². The molecular weight excluding hydrogens is 329 g/mol. The van der Waals surface area contributed by atoms with Crippen LogP contribution < -0.4 is 10.6 Å². The Labute approximate surface area is 147 Å². The molecular formula is C18H27F3N4. The molecule has 1 aliphatic rings. The number of nitrogens with zero attached hydrogens (tertiary/aromatic N) is 2. The van der Waals surface area contributed by atoms with E-state index in [1.807, 2.05) is 6.07 Å². The monoisotopic (exact) mass is 356 g/mol. The molecule has 4 nitrogen and oxygen atoms in total. The van der Waals surface area contributed by atoms with Gasteiger partial charge >= 0.3 is 6.18 Å². The molecule has 0 amide bonds. The molecule has 1 aromatic carbocycles. The van der Waals surface area contributed by atoms with Crippen LogP contribution in [0.2, 0.25) is 0 Å². The van der Waals surface area contributed by atoms with Crippen molar-refractivity contribution in [1.82, 2.24) is 15.5 Å². The molecule has 1 saturated heterocycles. The van der Waals surface area contributed by atoms with Crippen molar-refractivity contribution in [3.63, 3.8) is 0 Å². The van der Waals surface area contributed by atoms with E-state index in [1.54, 1.807) is 7.05 Å². The lowest BCUT2D eigenvalue weighted by Crippen LogP contribution is -2.49. The van der Waals surface area contributed by atoms with Gasteiger partial charge in [0, 0.05) is 38.8 Å². The molecule has 1 fully saturated rings. The van der Waals surface area contributed by atoms with E-state index in [0.717, 1.165) is 25.9 Å². The highest BCUT2D eigenvalue weighted by molar-refractivity contribution is 5.79. The fourth-order valence-electron chi connectivity index (χ4n) is 3.08. The minimum atomic E-state index is -4.15. The Balaban J connectivity index is 1.75. The molecule has 0 radical (unpaired) electrons. The number of alkyl halides is 3. The standard InChI is InChI=1S/C18H27F3N4/c1-14(15-6-4-3-5-7-15)25-12-8-16(9-13-25)24-17(22-2)23-11-10-18(19,20)21/h3-7,14,16H,8-13H2,1-2H3,(H2,22,23,24). The van der Waals surface area contributed by atoms with Crippen LogP contribution in [0, 0.1) is 0 Å². The molecule has 25 heavy (non-hydrogen) atoms. The summed E-state index contributed by atoms with van der Waals surface area (Å²) in [7, 11) is 1.58. The highest BCUT2D eigenvalue weighted by Crippen LogP contribution is 2.24. The van der Waals surface area contributed by atoms with Crippen LogP contribution in [-0.2, 0) is 0 Å². The second kappa shape index (κ2) is 9.08. The fourth-order valence-corrected chi connectivity index (χ4v) is 3.08. The second-order valence-corrected chi connectivity index (χ2v) is 6.41. The largest absolute Gasteiger partial charge is 0.390 e.